The fourth-order valence-electron chi connectivity index (χ4n) is 3.48. The summed E-state index contributed by atoms with van der Waals surface area (Å²) in [5.41, 5.74) is 4.38. The monoisotopic (exact) mass is 447 g/mol. The number of oxazole rings is 1. The van der Waals surface area contributed by atoms with Gasteiger partial charge in [0, 0.05) is 12.0 Å². The molecule has 1 aromatic heterocycles. The lowest BCUT2D eigenvalue weighted by atomic mass is 10.0. The molecule has 3 aromatic rings. The van der Waals surface area contributed by atoms with Crippen LogP contribution in [0, 0.1) is 20.8 Å². The number of aliphatic carboxylic acids is 1. The Bertz CT molecular complexity index is 1120. The minimum atomic E-state index is -1.10. The molecule has 0 atom stereocenters. The molecule has 0 radical (unpaired) electrons. The van der Waals surface area contributed by atoms with Crippen LogP contribution < -0.4 is 4.74 Å². The Morgan fingerprint density at radius 2 is 1.82 bits per heavy atom. The average Bonchev–Trinajstić information content (AvgIpc) is 3.16. The van der Waals surface area contributed by atoms with Crippen molar-refractivity contribution < 1.29 is 23.8 Å². The predicted octanol–water partition coefficient (Wildman–Crippen LogP) is 5.91. The van der Waals surface area contributed by atoms with Crippen LogP contribution in [-0.2, 0) is 16.0 Å². The van der Waals surface area contributed by atoms with Crippen molar-refractivity contribution in [1.82, 2.24) is 4.98 Å². The number of aryl methyl sites for hydroxylation is 3. The third-order valence-corrected chi connectivity index (χ3v) is 5.07. The second-order valence-corrected chi connectivity index (χ2v) is 7.71. The summed E-state index contributed by atoms with van der Waals surface area (Å²) in [5, 5.41) is 9.39. The SMILES string of the molecule is C=CCCO/C(=C\c1cc(C)c(OCCc2nc(-c3ccccc3)oc2C)c(C)c1)C(=O)O. The highest BCUT2D eigenvalue weighted by Crippen LogP contribution is 2.27. The first-order valence-electron chi connectivity index (χ1n) is 10.8. The zero-order valence-electron chi connectivity index (χ0n) is 19.3. The summed E-state index contributed by atoms with van der Waals surface area (Å²) in [6.07, 6.45) is 4.40. The van der Waals surface area contributed by atoms with Crippen LogP contribution >= 0.6 is 0 Å². The van der Waals surface area contributed by atoms with E-state index in [1.54, 1.807) is 6.08 Å². The van der Waals surface area contributed by atoms with Gasteiger partial charge in [0.05, 0.1) is 18.9 Å². The van der Waals surface area contributed by atoms with E-state index >= 15 is 0 Å². The molecule has 0 bridgehead atoms. The minimum absolute atomic E-state index is 0.0972. The molecule has 0 aliphatic rings. The first-order valence-corrected chi connectivity index (χ1v) is 10.8. The smallest absolute Gasteiger partial charge is 0.371 e. The molecule has 0 unspecified atom stereocenters. The van der Waals surface area contributed by atoms with Gasteiger partial charge in [0.1, 0.15) is 11.5 Å². The topological polar surface area (TPSA) is 81.8 Å². The summed E-state index contributed by atoms with van der Waals surface area (Å²) in [6, 6.07) is 13.6. The fraction of sp³-hybridized carbons (Fsp3) is 0.259. The maximum absolute atomic E-state index is 11.5. The van der Waals surface area contributed by atoms with Crippen molar-refractivity contribution in [3.05, 3.63) is 89.0 Å². The molecule has 0 aliphatic heterocycles. The van der Waals surface area contributed by atoms with E-state index in [4.69, 9.17) is 13.9 Å². The van der Waals surface area contributed by atoms with Crippen molar-refractivity contribution in [3.63, 3.8) is 0 Å². The Kier molecular flexibility index (Phi) is 8.08. The number of carboxylic acid groups (broad SMARTS) is 1. The number of hydrogen-bond acceptors (Lipinski definition) is 5. The molecule has 1 heterocycles. The lowest BCUT2D eigenvalue weighted by Crippen LogP contribution is -2.07. The van der Waals surface area contributed by atoms with Crippen molar-refractivity contribution in [1.29, 1.82) is 0 Å². The predicted molar refractivity (Wildman–Crippen MR) is 128 cm³/mol. The summed E-state index contributed by atoms with van der Waals surface area (Å²) in [6.45, 7) is 10.1. The fourth-order valence-corrected chi connectivity index (χ4v) is 3.48. The van der Waals surface area contributed by atoms with Crippen molar-refractivity contribution >= 4 is 12.0 Å². The van der Waals surface area contributed by atoms with Crippen LogP contribution in [0.15, 0.2) is 65.3 Å². The Morgan fingerprint density at radius 1 is 1.12 bits per heavy atom. The molecule has 0 saturated heterocycles. The maximum Gasteiger partial charge on any atom is 0.371 e. The number of ether oxygens (including phenoxy) is 2. The van der Waals surface area contributed by atoms with Crippen LogP contribution in [0.2, 0.25) is 0 Å². The van der Waals surface area contributed by atoms with Gasteiger partial charge in [0.25, 0.3) is 0 Å². The van der Waals surface area contributed by atoms with Gasteiger partial charge < -0.3 is 19.0 Å². The first kappa shape index (κ1) is 23.9. The van der Waals surface area contributed by atoms with Gasteiger partial charge in [0.15, 0.2) is 0 Å². The highest BCUT2D eigenvalue weighted by molar-refractivity contribution is 5.90. The Hall–Kier alpha value is -3.80. The molecule has 0 spiro atoms. The number of rotatable bonds is 11. The van der Waals surface area contributed by atoms with Gasteiger partial charge in [-0.1, -0.05) is 24.3 Å². The Balaban J connectivity index is 1.68. The van der Waals surface area contributed by atoms with Gasteiger partial charge in [-0.3, -0.25) is 0 Å². The molecule has 0 amide bonds. The molecule has 6 nitrogen and oxygen atoms in total. The van der Waals surface area contributed by atoms with E-state index in [9.17, 15) is 9.90 Å². The van der Waals surface area contributed by atoms with Gasteiger partial charge in [-0.15, -0.1) is 6.58 Å². The van der Waals surface area contributed by atoms with Gasteiger partial charge >= 0.3 is 5.97 Å². The standard InChI is InChI=1S/C27H29NO5/c1-5-6-13-31-24(27(29)30)17-21-15-18(2)25(19(3)16-21)32-14-12-23-20(4)33-26(28-23)22-10-8-7-9-11-22/h5,7-11,15-17H,1,6,12-14H2,2-4H3,(H,29,30)/b24-17-. The summed E-state index contributed by atoms with van der Waals surface area (Å²) in [5.74, 6) is 0.966. The molecule has 172 valence electrons. The normalized spacial score (nSPS) is 11.3. The third-order valence-electron chi connectivity index (χ3n) is 5.07. The summed E-state index contributed by atoms with van der Waals surface area (Å²) in [4.78, 5) is 16.1. The van der Waals surface area contributed by atoms with Crippen molar-refractivity contribution in [2.45, 2.75) is 33.6 Å². The van der Waals surface area contributed by atoms with Gasteiger partial charge in [-0.2, -0.15) is 0 Å². The van der Waals surface area contributed by atoms with E-state index in [2.05, 4.69) is 11.6 Å². The number of aromatic nitrogens is 1. The highest BCUT2D eigenvalue weighted by atomic mass is 16.5. The largest absolute Gasteiger partial charge is 0.493 e. The molecule has 1 N–H and O–H groups in total. The average molecular weight is 448 g/mol. The number of carbonyl (C=O) groups is 1. The zero-order valence-corrected chi connectivity index (χ0v) is 19.3. The van der Waals surface area contributed by atoms with Crippen LogP contribution in [0.25, 0.3) is 17.5 Å². The second-order valence-electron chi connectivity index (χ2n) is 7.71. The van der Waals surface area contributed by atoms with Crippen molar-refractivity contribution in [3.8, 4) is 17.2 Å². The number of carboxylic acids is 1. The maximum atomic E-state index is 11.5. The molecule has 33 heavy (non-hydrogen) atoms. The number of nitrogens with zero attached hydrogens (tertiary/aromatic N) is 1. The molecule has 0 fully saturated rings. The summed E-state index contributed by atoms with van der Waals surface area (Å²) < 4.78 is 17.2. The van der Waals surface area contributed by atoms with E-state index in [1.165, 1.54) is 6.08 Å². The zero-order chi connectivity index (χ0) is 23.8. The van der Waals surface area contributed by atoms with E-state index in [0.29, 0.717) is 25.3 Å². The molecular weight excluding hydrogens is 418 g/mol. The van der Waals surface area contributed by atoms with Gasteiger partial charge in [-0.25, -0.2) is 9.78 Å². The van der Waals surface area contributed by atoms with Crippen LogP contribution in [0.4, 0.5) is 0 Å². The Labute approximate surface area is 194 Å². The third kappa shape index (κ3) is 6.35. The lowest BCUT2D eigenvalue weighted by Gasteiger charge is -2.13. The van der Waals surface area contributed by atoms with E-state index in [0.717, 1.165) is 39.5 Å². The molecular formula is C27H29NO5. The van der Waals surface area contributed by atoms with E-state index in [-0.39, 0.29) is 12.4 Å². The second kappa shape index (κ2) is 11.2. The van der Waals surface area contributed by atoms with E-state index in [1.807, 2.05) is 63.2 Å². The molecule has 6 heteroatoms. The van der Waals surface area contributed by atoms with Gasteiger partial charge in [0.2, 0.25) is 11.6 Å². The molecule has 2 aromatic carbocycles. The summed E-state index contributed by atoms with van der Waals surface area (Å²) in [7, 11) is 0. The molecule has 3 rings (SSSR count). The number of hydrogen-bond donors (Lipinski definition) is 1. The van der Waals surface area contributed by atoms with Crippen LogP contribution in [0.5, 0.6) is 5.75 Å². The summed E-state index contributed by atoms with van der Waals surface area (Å²) >= 11 is 0. The Morgan fingerprint density at radius 3 is 2.45 bits per heavy atom. The molecule has 0 aliphatic carbocycles. The van der Waals surface area contributed by atoms with Gasteiger partial charge in [-0.05, 0) is 74.2 Å². The van der Waals surface area contributed by atoms with Crippen molar-refractivity contribution in [2.75, 3.05) is 13.2 Å². The van der Waals surface area contributed by atoms with E-state index < -0.39 is 5.97 Å². The van der Waals surface area contributed by atoms with Crippen LogP contribution in [0.3, 0.4) is 0 Å². The number of benzene rings is 2. The first-order chi connectivity index (χ1) is 15.9. The minimum Gasteiger partial charge on any atom is -0.493 e. The quantitative estimate of drug-likeness (QED) is 0.170. The lowest BCUT2D eigenvalue weighted by molar-refractivity contribution is -0.136. The van der Waals surface area contributed by atoms with Crippen LogP contribution in [0.1, 0.15) is 34.6 Å². The van der Waals surface area contributed by atoms with Crippen LogP contribution in [-0.4, -0.2) is 29.3 Å². The molecule has 0 saturated carbocycles. The highest BCUT2D eigenvalue weighted by Gasteiger charge is 2.14. The van der Waals surface area contributed by atoms with Crippen molar-refractivity contribution in [2.24, 2.45) is 0 Å².